The maximum absolute atomic E-state index is 5.27. The van der Waals surface area contributed by atoms with Crippen molar-refractivity contribution in [2.45, 2.75) is 13.3 Å². The Balaban J connectivity index is 3.01. The Kier molecular flexibility index (Phi) is 4.14. The van der Waals surface area contributed by atoms with Crippen molar-refractivity contribution in [3.05, 3.63) is 23.8 Å². The summed E-state index contributed by atoms with van der Waals surface area (Å²) < 4.78 is 5.27. The van der Waals surface area contributed by atoms with Crippen LogP contribution in [0, 0.1) is 0 Å². The Morgan fingerprint density at radius 1 is 1.43 bits per heavy atom. The van der Waals surface area contributed by atoms with Gasteiger partial charge in [-0.3, -0.25) is 0 Å². The summed E-state index contributed by atoms with van der Waals surface area (Å²) >= 11 is 4.23. The number of benzene rings is 1. The monoisotopic (exact) mass is 211 g/mol. The summed E-state index contributed by atoms with van der Waals surface area (Å²) in [6, 6.07) is 6.21. The first-order chi connectivity index (χ1) is 6.72. The Hall–Kier alpha value is -0.830. The van der Waals surface area contributed by atoms with E-state index in [9.17, 15) is 0 Å². The van der Waals surface area contributed by atoms with Crippen LogP contribution in [0.1, 0.15) is 12.5 Å². The van der Waals surface area contributed by atoms with Crippen molar-refractivity contribution in [1.82, 2.24) is 0 Å². The number of hydrogen-bond donors (Lipinski definition) is 1. The molecule has 0 saturated carbocycles. The van der Waals surface area contributed by atoms with Crippen LogP contribution < -0.4 is 9.64 Å². The molecule has 0 spiro atoms. The summed E-state index contributed by atoms with van der Waals surface area (Å²) in [5.41, 5.74) is 2.41. The fraction of sp³-hybridized carbons (Fsp3) is 0.455. The van der Waals surface area contributed by atoms with Crippen molar-refractivity contribution >= 4 is 18.3 Å². The smallest absolute Gasteiger partial charge is 0.122 e. The second-order valence-corrected chi connectivity index (χ2v) is 3.47. The van der Waals surface area contributed by atoms with Crippen LogP contribution in [0.2, 0.25) is 0 Å². The lowest BCUT2D eigenvalue weighted by Gasteiger charge is -2.18. The number of nitrogens with zero attached hydrogens (tertiary/aromatic N) is 1. The molecule has 0 N–H and O–H groups in total. The van der Waals surface area contributed by atoms with Crippen LogP contribution in [0.15, 0.2) is 18.2 Å². The van der Waals surface area contributed by atoms with Gasteiger partial charge in [0.2, 0.25) is 0 Å². The van der Waals surface area contributed by atoms with E-state index < -0.39 is 0 Å². The van der Waals surface area contributed by atoms with Gasteiger partial charge < -0.3 is 9.64 Å². The Bertz CT molecular complexity index is 301. The predicted octanol–water partition coefficient (Wildman–Crippen LogP) is 2.58. The molecule has 0 heterocycles. The van der Waals surface area contributed by atoms with Crippen molar-refractivity contribution in [2.75, 3.05) is 24.9 Å². The summed E-state index contributed by atoms with van der Waals surface area (Å²) in [7, 11) is 3.73. The Labute approximate surface area is 91.3 Å². The average molecular weight is 211 g/mol. The first kappa shape index (κ1) is 11.2. The van der Waals surface area contributed by atoms with Gasteiger partial charge in [0.15, 0.2) is 0 Å². The molecule has 0 amide bonds. The Morgan fingerprint density at radius 3 is 2.64 bits per heavy atom. The maximum Gasteiger partial charge on any atom is 0.122 e. The second kappa shape index (κ2) is 5.15. The molecule has 2 nitrogen and oxygen atoms in total. The van der Waals surface area contributed by atoms with E-state index in [2.05, 4.69) is 30.5 Å². The zero-order valence-corrected chi connectivity index (χ0v) is 9.84. The van der Waals surface area contributed by atoms with Crippen LogP contribution in [0.4, 0.5) is 5.69 Å². The summed E-state index contributed by atoms with van der Waals surface area (Å²) in [5.74, 6) is 1.68. The van der Waals surface area contributed by atoms with E-state index in [1.807, 2.05) is 19.2 Å². The molecule has 0 aliphatic carbocycles. The minimum atomic E-state index is 0.718. The van der Waals surface area contributed by atoms with Gasteiger partial charge in [0.1, 0.15) is 5.75 Å². The average Bonchev–Trinajstić information content (AvgIpc) is 2.26. The lowest BCUT2D eigenvalue weighted by molar-refractivity contribution is 0.410. The van der Waals surface area contributed by atoms with Gasteiger partial charge in [-0.05, 0) is 30.2 Å². The minimum Gasteiger partial charge on any atom is -0.496 e. The normalized spacial score (nSPS) is 10.0. The molecule has 0 aromatic heterocycles. The SMILES string of the molecule is CCc1cc(N(C)CS)ccc1OC. The van der Waals surface area contributed by atoms with E-state index in [0.717, 1.165) is 18.0 Å². The van der Waals surface area contributed by atoms with Crippen LogP contribution in [-0.4, -0.2) is 20.0 Å². The topological polar surface area (TPSA) is 12.5 Å². The lowest BCUT2D eigenvalue weighted by Crippen LogP contribution is -2.14. The molecule has 1 rings (SSSR count). The summed E-state index contributed by atoms with van der Waals surface area (Å²) in [6.07, 6.45) is 0.984. The third kappa shape index (κ3) is 2.35. The molecule has 0 fully saturated rings. The van der Waals surface area contributed by atoms with E-state index in [1.54, 1.807) is 7.11 Å². The van der Waals surface area contributed by atoms with Crippen molar-refractivity contribution < 1.29 is 4.74 Å². The third-order valence-corrected chi connectivity index (χ3v) is 2.72. The highest BCUT2D eigenvalue weighted by Crippen LogP contribution is 2.24. The zero-order valence-electron chi connectivity index (χ0n) is 8.95. The molecule has 0 bridgehead atoms. The standard InChI is InChI=1S/C11H17NOS/c1-4-9-7-10(12(2)8-14)5-6-11(9)13-3/h5-7,14H,4,8H2,1-3H3. The van der Waals surface area contributed by atoms with Gasteiger partial charge in [0.05, 0.1) is 13.0 Å². The predicted molar refractivity (Wildman–Crippen MR) is 64.6 cm³/mol. The molecule has 3 heteroatoms. The second-order valence-electron chi connectivity index (χ2n) is 3.19. The molecule has 0 radical (unpaired) electrons. The maximum atomic E-state index is 5.27. The van der Waals surface area contributed by atoms with E-state index in [1.165, 1.54) is 11.3 Å². The zero-order chi connectivity index (χ0) is 10.6. The molecule has 0 atom stereocenters. The van der Waals surface area contributed by atoms with Crippen LogP contribution in [0.3, 0.4) is 0 Å². The van der Waals surface area contributed by atoms with Crippen LogP contribution >= 0.6 is 12.6 Å². The molecule has 1 aromatic rings. The number of methoxy groups -OCH3 is 1. The summed E-state index contributed by atoms with van der Waals surface area (Å²) in [6.45, 7) is 2.13. The highest BCUT2D eigenvalue weighted by Gasteiger charge is 2.04. The molecule has 78 valence electrons. The van der Waals surface area contributed by atoms with Gasteiger partial charge in [-0.1, -0.05) is 6.92 Å². The molecular weight excluding hydrogens is 194 g/mol. The molecule has 0 unspecified atom stereocenters. The lowest BCUT2D eigenvalue weighted by atomic mass is 10.1. The number of aryl methyl sites for hydroxylation is 1. The van der Waals surface area contributed by atoms with E-state index in [4.69, 9.17) is 4.74 Å². The van der Waals surface area contributed by atoms with Crippen LogP contribution in [0.25, 0.3) is 0 Å². The largest absolute Gasteiger partial charge is 0.496 e. The minimum absolute atomic E-state index is 0.718. The first-order valence-corrected chi connectivity index (χ1v) is 5.35. The number of ether oxygens (including phenoxy) is 1. The van der Waals surface area contributed by atoms with Crippen molar-refractivity contribution in [3.8, 4) is 5.75 Å². The molecule has 14 heavy (non-hydrogen) atoms. The van der Waals surface area contributed by atoms with Gasteiger partial charge >= 0.3 is 0 Å². The third-order valence-electron chi connectivity index (χ3n) is 2.30. The number of rotatable bonds is 4. The van der Waals surface area contributed by atoms with Crippen LogP contribution in [0.5, 0.6) is 5.75 Å². The number of thiol groups is 1. The fourth-order valence-corrected chi connectivity index (χ4v) is 1.52. The number of hydrogen-bond acceptors (Lipinski definition) is 3. The van der Waals surface area contributed by atoms with E-state index in [-0.39, 0.29) is 0 Å². The molecular formula is C11H17NOS. The highest BCUT2D eigenvalue weighted by atomic mass is 32.1. The van der Waals surface area contributed by atoms with Gasteiger partial charge in [0, 0.05) is 12.7 Å². The molecule has 0 aliphatic heterocycles. The van der Waals surface area contributed by atoms with Gasteiger partial charge in [-0.2, -0.15) is 12.6 Å². The van der Waals surface area contributed by atoms with E-state index in [0.29, 0.717) is 0 Å². The highest BCUT2D eigenvalue weighted by molar-refractivity contribution is 7.80. The fourth-order valence-electron chi connectivity index (χ4n) is 1.36. The van der Waals surface area contributed by atoms with Crippen molar-refractivity contribution in [2.24, 2.45) is 0 Å². The van der Waals surface area contributed by atoms with Gasteiger partial charge in [-0.15, -0.1) is 0 Å². The van der Waals surface area contributed by atoms with E-state index >= 15 is 0 Å². The quantitative estimate of drug-likeness (QED) is 0.607. The molecule has 0 aliphatic rings. The number of anilines is 1. The Morgan fingerprint density at radius 2 is 2.14 bits per heavy atom. The van der Waals surface area contributed by atoms with Crippen molar-refractivity contribution in [1.29, 1.82) is 0 Å². The van der Waals surface area contributed by atoms with Crippen molar-refractivity contribution in [3.63, 3.8) is 0 Å². The van der Waals surface area contributed by atoms with Gasteiger partial charge in [-0.25, -0.2) is 0 Å². The summed E-state index contributed by atoms with van der Waals surface area (Å²) in [5, 5.41) is 0. The van der Waals surface area contributed by atoms with Gasteiger partial charge in [0.25, 0.3) is 0 Å². The summed E-state index contributed by atoms with van der Waals surface area (Å²) in [4.78, 5) is 2.09. The first-order valence-electron chi connectivity index (χ1n) is 4.71. The molecule has 0 saturated heterocycles. The molecule has 1 aromatic carbocycles. The van der Waals surface area contributed by atoms with Crippen LogP contribution in [-0.2, 0) is 6.42 Å².